The van der Waals surface area contributed by atoms with E-state index in [-0.39, 0.29) is 18.9 Å². The molecule has 0 aromatic heterocycles. The highest BCUT2D eigenvalue weighted by molar-refractivity contribution is 6.42. The highest BCUT2D eigenvalue weighted by Crippen LogP contribution is 2.25. The molecular formula is C15H21Cl2N5O3. The Bertz CT molecular complexity index is 627. The number of carboxylic acids is 1. The summed E-state index contributed by atoms with van der Waals surface area (Å²) < 4.78 is 0. The Kier molecular flexibility index (Phi) is 9.04. The molecule has 1 amide bonds. The number of carbonyl (C=O) groups is 2. The van der Waals surface area contributed by atoms with Gasteiger partial charge in [0, 0.05) is 13.1 Å². The second-order valence-electron chi connectivity index (χ2n) is 5.26. The van der Waals surface area contributed by atoms with Crippen LogP contribution >= 0.6 is 23.2 Å². The Balaban J connectivity index is 2.38. The molecule has 7 N–H and O–H groups in total. The zero-order valence-electron chi connectivity index (χ0n) is 13.4. The maximum atomic E-state index is 11.9. The van der Waals surface area contributed by atoms with E-state index in [0.717, 1.165) is 5.56 Å². The van der Waals surface area contributed by atoms with Crippen molar-refractivity contribution in [2.24, 2.45) is 5.73 Å². The highest BCUT2D eigenvalue weighted by atomic mass is 35.5. The molecule has 0 radical (unpaired) electrons. The monoisotopic (exact) mass is 389 g/mol. The van der Waals surface area contributed by atoms with Crippen molar-refractivity contribution in [2.45, 2.75) is 25.4 Å². The summed E-state index contributed by atoms with van der Waals surface area (Å²) >= 11 is 12.0. The van der Waals surface area contributed by atoms with Crippen LogP contribution in [0, 0.1) is 5.41 Å². The molecule has 0 bridgehead atoms. The summed E-state index contributed by atoms with van der Waals surface area (Å²) in [7, 11) is 0. The van der Waals surface area contributed by atoms with Crippen LogP contribution in [0.4, 0.5) is 0 Å². The number of guanidine groups is 1. The van der Waals surface area contributed by atoms with Crippen LogP contribution in [0.15, 0.2) is 18.2 Å². The summed E-state index contributed by atoms with van der Waals surface area (Å²) in [6.07, 6.45) is 0.670. The molecule has 138 valence electrons. The van der Waals surface area contributed by atoms with Crippen LogP contribution in [0.3, 0.4) is 0 Å². The fraction of sp³-hybridized carbons (Fsp3) is 0.400. The van der Waals surface area contributed by atoms with E-state index in [1.165, 1.54) is 0 Å². The average molecular weight is 390 g/mol. The molecule has 1 aromatic carbocycles. The number of hydrogen-bond donors (Lipinski definition) is 6. The number of amides is 1. The van der Waals surface area contributed by atoms with Crippen LogP contribution in [0.1, 0.15) is 18.4 Å². The lowest BCUT2D eigenvalue weighted by Gasteiger charge is -2.15. The zero-order valence-corrected chi connectivity index (χ0v) is 15.0. The molecule has 0 spiro atoms. The Hall–Kier alpha value is -2.03. The summed E-state index contributed by atoms with van der Waals surface area (Å²) in [5, 5.41) is 24.9. The Morgan fingerprint density at radius 3 is 2.68 bits per heavy atom. The van der Waals surface area contributed by atoms with Crippen LogP contribution in [-0.4, -0.2) is 42.1 Å². The van der Waals surface area contributed by atoms with Crippen molar-refractivity contribution in [2.75, 3.05) is 13.1 Å². The first-order valence-corrected chi connectivity index (χ1v) is 8.30. The Labute approximate surface area is 155 Å². The largest absolute Gasteiger partial charge is 0.480 e. The van der Waals surface area contributed by atoms with Crippen LogP contribution in [0.2, 0.25) is 10.0 Å². The van der Waals surface area contributed by atoms with Gasteiger partial charge in [0.05, 0.1) is 16.6 Å². The van der Waals surface area contributed by atoms with E-state index in [1.54, 1.807) is 18.2 Å². The molecule has 0 heterocycles. The maximum Gasteiger partial charge on any atom is 0.326 e. The van der Waals surface area contributed by atoms with Gasteiger partial charge in [0.1, 0.15) is 6.04 Å². The molecule has 1 aromatic rings. The molecule has 25 heavy (non-hydrogen) atoms. The van der Waals surface area contributed by atoms with Crippen LogP contribution in [0.5, 0.6) is 0 Å². The first-order valence-electron chi connectivity index (χ1n) is 7.55. The fourth-order valence-corrected chi connectivity index (χ4v) is 2.41. The SMILES string of the molecule is N=C(N)NCCC[C@H](NC(=O)CNCc1cccc(Cl)c1Cl)C(=O)O. The second kappa shape index (κ2) is 10.8. The van der Waals surface area contributed by atoms with E-state index in [2.05, 4.69) is 16.0 Å². The van der Waals surface area contributed by atoms with Gasteiger partial charge >= 0.3 is 5.97 Å². The van der Waals surface area contributed by atoms with Gasteiger partial charge in [-0.25, -0.2) is 4.79 Å². The number of hydrogen-bond acceptors (Lipinski definition) is 4. The molecule has 0 saturated carbocycles. The van der Waals surface area contributed by atoms with Gasteiger partial charge in [0.15, 0.2) is 5.96 Å². The number of aliphatic carboxylic acids is 1. The fourth-order valence-electron chi connectivity index (χ4n) is 2.03. The van der Waals surface area contributed by atoms with Crippen LogP contribution in [0.25, 0.3) is 0 Å². The number of nitrogens with two attached hydrogens (primary N) is 1. The van der Waals surface area contributed by atoms with Gasteiger partial charge in [0.2, 0.25) is 5.91 Å². The lowest BCUT2D eigenvalue weighted by Crippen LogP contribution is -2.45. The standard InChI is InChI=1S/C15H21Cl2N5O3/c16-10-4-1-3-9(13(10)17)7-20-8-12(23)22-11(14(24)25)5-2-6-21-15(18)19/h1,3-4,11,20H,2,5-8H2,(H,22,23)(H,24,25)(H4,18,19,21)/t11-/m0/s1. The molecule has 1 rings (SSSR count). The molecule has 0 aliphatic heterocycles. The van der Waals surface area contributed by atoms with E-state index in [9.17, 15) is 9.59 Å². The highest BCUT2D eigenvalue weighted by Gasteiger charge is 2.19. The summed E-state index contributed by atoms with van der Waals surface area (Å²) in [4.78, 5) is 23.1. The van der Waals surface area contributed by atoms with Crippen molar-refractivity contribution < 1.29 is 14.7 Å². The molecule has 8 nitrogen and oxygen atoms in total. The minimum Gasteiger partial charge on any atom is -0.480 e. The van der Waals surface area contributed by atoms with Crippen molar-refractivity contribution in [3.63, 3.8) is 0 Å². The number of carboxylic acid groups (broad SMARTS) is 1. The van der Waals surface area contributed by atoms with Crippen molar-refractivity contribution in [3.8, 4) is 0 Å². The molecule has 0 saturated heterocycles. The maximum absolute atomic E-state index is 11.9. The van der Waals surface area contributed by atoms with Gasteiger partial charge in [-0.2, -0.15) is 0 Å². The Morgan fingerprint density at radius 1 is 1.32 bits per heavy atom. The van der Waals surface area contributed by atoms with Crippen LogP contribution < -0.4 is 21.7 Å². The number of halogens is 2. The molecule has 10 heteroatoms. The van der Waals surface area contributed by atoms with Crippen molar-refractivity contribution in [1.29, 1.82) is 5.41 Å². The van der Waals surface area contributed by atoms with E-state index in [1.807, 2.05) is 0 Å². The lowest BCUT2D eigenvalue weighted by atomic mass is 10.1. The number of rotatable bonds is 10. The van der Waals surface area contributed by atoms with Gasteiger partial charge in [-0.1, -0.05) is 35.3 Å². The normalized spacial score (nSPS) is 11.6. The van der Waals surface area contributed by atoms with Gasteiger partial charge in [-0.15, -0.1) is 0 Å². The summed E-state index contributed by atoms with van der Waals surface area (Å²) in [5.41, 5.74) is 5.88. The average Bonchev–Trinajstić information content (AvgIpc) is 2.54. The van der Waals surface area contributed by atoms with Gasteiger partial charge in [0.25, 0.3) is 0 Å². The van der Waals surface area contributed by atoms with E-state index >= 15 is 0 Å². The number of nitrogens with one attached hydrogen (secondary N) is 4. The summed E-state index contributed by atoms with van der Waals surface area (Å²) in [6.45, 7) is 0.631. The van der Waals surface area contributed by atoms with E-state index in [4.69, 9.17) is 39.5 Å². The van der Waals surface area contributed by atoms with Crippen molar-refractivity contribution in [3.05, 3.63) is 33.8 Å². The number of benzene rings is 1. The topological polar surface area (TPSA) is 140 Å². The van der Waals surface area contributed by atoms with Crippen molar-refractivity contribution in [1.82, 2.24) is 16.0 Å². The summed E-state index contributed by atoms with van der Waals surface area (Å²) in [6, 6.07) is 4.19. The predicted molar refractivity (Wildman–Crippen MR) is 96.9 cm³/mol. The van der Waals surface area contributed by atoms with Gasteiger partial charge < -0.3 is 26.8 Å². The zero-order chi connectivity index (χ0) is 18.8. The third-order valence-corrected chi connectivity index (χ3v) is 4.11. The molecule has 0 aliphatic rings. The lowest BCUT2D eigenvalue weighted by molar-refractivity contribution is -0.141. The van der Waals surface area contributed by atoms with Gasteiger partial charge in [-0.3, -0.25) is 10.2 Å². The Morgan fingerprint density at radius 2 is 2.04 bits per heavy atom. The summed E-state index contributed by atoms with van der Waals surface area (Å²) in [5.74, 6) is -1.74. The second-order valence-corrected chi connectivity index (χ2v) is 6.04. The molecular weight excluding hydrogens is 369 g/mol. The van der Waals surface area contributed by atoms with Gasteiger partial charge in [-0.05, 0) is 24.5 Å². The minimum atomic E-state index is -1.12. The first kappa shape index (κ1) is 21.0. The molecule has 1 atom stereocenters. The molecule has 0 unspecified atom stereocenters. The van der Waals surface area contributed by atoms with E-state index in [0.29, 0.717) is 29.6 Å². The van der Waals surface area contributed by atoms with Crippen LogP contribution in [-0.2, 0) is 16.1 Å². The minimum absolute atomic E-state index is 0.0572. The smallest absolute Gasteiger partial charge is 0.326 e. The number of carbonyl (C=O) groups excluding carboxylic acids is 1. The first-order chi connectivity index (χ1) is 11.8. The third-order valence-electron chi connectivity index (χ3n) is 3.25. The quantitative estimate of drug-likeness (QED) is 0.199. The molecule has 0 aliphatic carbocycles. The third kappa shape index (κ3) is 8.06. The van der Waals surface area contributed by atoms with Crippen molar-refractivity contribution >= 4 is 41.0 Å². The van der Waals surface area contributed by atoms with E-state index < -0.39 is 17.9 Å². The molecule has 0 fully saturated rings. The predicted octanol–water partition coefficient (Wildman–Crippen LogP) is 0.916.